The van der Waals surface area contributed by atoms with Crippen LogP contribution in [0.2, 0.25) is 5.02 Å². The molecule has 2 N–H and O–H groups in total. The molecule has 3 nitrogen and oxygen atoms in total. The number of hydrogen-bond acceptors (Lipinski definition) is 3. The Labute approximate surface area is 114 Å². The average Bonchev–Trinajstić information content (AvgIpc) is 2.81. The Morgan fingerprint density at radius 2 is 2.17 bits per heavy atom. The summed E-state index contributed by atoms with van der Waals surface area (Å²) >= 11 is 6.23. The Hall–Kier alpha value is -0.770. The number of nitrogens with two attached hydrogens (primary N) is 1. The van der Waals surface area contributed by atoms with Gasteiger partial charge in [0, 0.05) is 42.9 Å². The minimum Gasteiger partial charge on any atom is -0.399 e. The molecule has 0 amide bonds. The van der Waals surface area contributed by atoms with Crippen molar-refractivity contribution in [3.63, 3.8) is 0 Å². The van der Waals surface area contributed by atoms with Crippen LogP contribution in [0.5, 0.6) is 0 Å². The summed E-state index contributed by atoms with van der Waals surface area (Å²) in [4.78, 5) is 5.13. The molecule has 18 heavy (non-hydrogen) atoms. The van der Waals surface area contributed by atoms with E-state index in [4.69, 9.17) is 17.3 Å². The van der Waals surface area contributed by atoms with Crippen molar-refractivity contribution < 1.29 is 0 Å². The second-order valence-corrected chi connectivity index (χ2v) is 5.83. The van der Waals surface area contributed by atoms with E-state index in [2.05, 4.69) is 9.80 Å². The lowest BCUT2D eigenvalue weighted by molar-refractivity contribution is 0.0994. The predicted octanol–water partition coefficient (Wildman–Crippen LogP) is 2.20. The van der Waals surface area contributed by atoms with Gasteiger partial charge in [-0.1, -0.05) is 11.6 Å². The van der Waals surface area contributed by atoms with Crippen molar-refractivity contribution in [1.82, 2.24) is 9.80 Å². The van der Waals surface area contributed by atoms with Gasteiger partial charge < -0.3 is 5.73 Å². The van der Waals surface area contributed by atoms with E-state index in [1.165, 1.54) is 32.5 Å². The van der Waals surface area contributed by atoms with Crippen LogP contribution in [-0.2, 0) is 6.54 Å². The molecule has 0 saturated carbocycles. The summed E-state index contributed by atoms with van der Waals surface area (Å²) < 4.78 is 0. The number of nitrogen functional groups attached to an aromatic ring is 1. The van der Waals surface area contributed by atoms with E-state index in [9.17, 15) is 0 Å². The number of rotatable bonds is 2. The number of piperazine rings is 1. The van der Waals surface area contributed by atoms with Gasteiger partial charge in [-0.3, -0.25) is 9.80 Å². The fraction of sp³-hybridized carbons (Fsp3) is 0.571. The molecular formula is C14H20ClN3. The molecule has 2 saturated heterocycles. The summed E-state index contributed by atoms with van der Waals surface area (Å²) in [5.41, 5.74) is 7.79. The minimum absolute atomic E-state index is 0.763. The summed E-state index contributed by atoms with van der Waals surface area (Å²) in [6.45, 7) is 5.73. The first-order valence-corrected chi connectivity index (χ1v) is 7.10. The number of halogens is 1. The summed E-state index contributed by atoms with van der Waals surface area (Å²) in [5.74, 6) is 0. The van der Waals surface area contributed by atoms with Crippen molar-refractivity contribution in [3.8, 4) is 0 Å². The van der Waals surface area contributed by atoms with Crippen LogP contribution < -0.4 is 5.73 Å². The van der Waals surface area contributed by atoms with Gasteiger partial charge in [0.15, 0.2) is 0 Å². The van der Waals surface area contributed by atoms with Crippen molar-refractivity contribution in [2.45, 2.75) is 25.4 Å². The van der Waals surface area contributed by atoms with Gasteiger partial charge >= 0.3 is 0 Å². The van der Waals surface area contributed by atoms with E-state index in [0.717, 1.165) is 35.4 Å². The van der Waals surface area contributed by atoms with Crippen LogP contribution in [0.1, 0.15) is 18.4 Å². The van der Waals surface area contributed by atoms with E-state index in [-0.39, 0.29) is 0 Å². The lowest BCUT2D eigenvalue weighted by Crippen LogP contribution is -2.49. The van der Waals surface area contributed by atoms with Gasteiger partial charge in [0.05, 0.1) is 0 Å². The standard InChI is InChI=1S/C14H20ClN3/c15-14-4-3-12(16)8-11(14)9-17-6-7-18-5-1-2-13(18)10-17/h3-4,8,13H,1-2,5-7,9-10,16H2. The van der Waals surface area contributed by atoms with Crippen LogP contribution in [0.4, 0.5) is 5.69 Å². The third-order valence-corrected chi connectivity index (χ3v) is 4.50. The zero-order chi connectivity index (χ0) is 12.5. The molecule has 0 radical (unpaired) electrons. The molecule has 2 fully saturated rings. The molecule has 1 aromatic rings. The minimum atomic E-state index is 0.763. The van der Waals surface area contributed by atoms with Crippen molar-refractivity contribution in [3.05, 3.63) is 28.8 Å². The maximum absolute atomic E-state index is 6.23. The summed E-state index contributed by atoms with van der Waals surface area (Å²) in [6, 6.07) is 6.53. The second kappa shape index (κ2) is 5.08. The average molecular weight is 266 g/mol. The SMILES string of the molecule is Nc1ccc(Cl)c(CN2CCN3CCCC3C2)c1. The Bertz CT molecular complexity index is 435. The number of fused-ring (bicyclic) bond motifs is 1. The number of hydrogen-bond donors (Lipinski definition) is 1. The highest BCUT2D eigenvalue weighted by Crippen LogP contribution is 2.25. The molecule has 0 aromatic heterocycles. The Balaban J connectivity index is 1.67. The first kappa shape index (κ1) is 12.3. The molecule has 0 aliphatic carbocycles. The summed E-state index contributed by atoms with van der Waals surface area (Å²) in [5, 5.41) is 0.832. The maximum Gasteiger partial charge on any atom is 0.0452 e. The fourth-order valence-electron chi connectivity index (χ4n) is 3.16. The van der Waals surface area contributed by atoms with Crippen molar-refractivity contribution >= 4 is 17.3 Å². The van der Waals surface area contributed by atoms with Crippen LogP contribution in [0.3, 0.4) is 0 Å². The normalized spacial score (nSPS) is 25.3. The highest BCUT2D eigenvalue weighted by atomic mass is 35.5. The highest BCUT2D eigenvalue weighted by molar-refractivity contribution is 6.31. The van der Waals surface area contributed by atoms with Crippen molar-refractivity contribution in [2.24, 2.45) is 0 Å². The van der Waals surface area contributed by atoms with Crippen LogP contribution in [0.15, 0.2) is 18.2 Å². The predicted molar refractivity (Wildman–Crippen MR) is 75.7 cm³/mol. The summed E-state index contributed by atoms with van der Waals surface area (Å²) in [7, 11) is 0. The number of benzene rings is 1. The summed E-state index contributed by atoms with van der Waals surface area (Å²) in [6.07, 6.45) is 2.71. The zero-order valence-corrected chi connectivity index (χ0v) is 11.4. The molecule has 2 aliphatic rings. The molecule has 1 unspecified atom stereocenters. The van der Waals surface area contributed by atoms with Gasteiger partial charge in [0.25, 0.3) is 0 Å². The van der Waals surface area contributed by atoms with Crippen LogP contribution in [0, 0.1) is 0 Å². The monoisotopic (exact) mass is 265 g/mol. The lowest BCUT2D eigenvalue weighted by Gasteiger charge is -2.37. The van der Waals surface area contributed by atoms with E-state index in [1.54, 1.807) is 0 Å². The van der Waals surface area contributed by atoms with Gasteiger partial charge in [-0.15, -0.1) is 0 Å². The Morgan fingerprint density at radius 1 is 1.28 bits per heavy atom. The van der Waals surface area contributed by atoms with Crippen LogP contribution in [0.25, 0.3) is 0 Å². The molecule has 4 heteroatoms. The first-order chi connectivity index (χ1) is 8.72. The maximum atomic E-state index is 6.23. The quantitative estimate of drug-likeness (QED) is 0.833. The van der Waals surface area contributed by atoms with Crippen molar-refractivity contribution in [2.75, 3.05) is 31.9 Å². The van der Waals surface area contributed by atoms with E-state index in [1.807, 2.05) is 18.2 Å². The number of anilines is 1. The van der Waals surface area contributed by atoms with Gasteiger partial charge in [-0.25, -0.2) is 0 Å². The second-order valence-electron chi connectivity index (χ2n) is 5.42. The molecule has 1 atom stereocenters. The largest absolute Gasteiger partial charge is 0.399 e. The molecule has 0 bridgehead atoms. The molecular weight excluding hydrogens is 246 g/mol. The molecule has 0 spiro atoms. The Morgan fingerprint density at radius 3 is 3.06 bits per heavy atom. The van der Waals surface area contributed by atoms with E-state index in [0.29, 0.717) is 0 Å². The van der Waals surface area contributed by atoms with Gasteiger partial charge in [0.2, 0.25) is 0 Å². The van der Waals surface area contributed by atoms with Crippen LogP contribution in [-0.4, -0.2) is 42.0 Å². The lowest BCUT2D eigenvalue weighted by atomic mass is 10.1. The topological polar surface area (TPSA) is 32.5 Å². The zero-order valence-electron chi connectivity index (χ0n) is 10.6. The Kier molecular flexibility index (Phi) is 3.46. The molecule has 2 aliphatic heterocycles. The molecule has 98 valence electrons. The molecule has 3 rings (SSSR count). The van der Waals surface area contributed by atoms with E-state index < -0.39 is 0 Å². The smallest absolute Gasteiger partial charge is 0.0452 e. The van der Waals surface area contributed by atoms with Gasteiger partial charge in [-0.2, -0.15) is 0 Å². The van der Waals surface area contributed by atoms with Gasteiger partial charge in [-0.05, 0) is 43.1 Å². The van der Waals surface area contributed by atoms with E-state index >= 15 is 0 Å². The molecule has 1 aromatic carbocycles. The first-order valence-electron chi connectivity index (χ1n) is 6.73. The van der Waals surface area contributed by atoms with Crippen LogP contribution >= 0.6 is 11.6 Å². The third kappa shape index (κ3) is 2.48. The molecule has 2 heterocycles. The highest BCUT2D eigenvalue weighted by Gasteiger charge is 2.30. The van der Waals surface area contributed by atoms with Gasteiger partial charge in [0.1, 0.15) is 0 Å². The number of nitrogens with zero attached hydrogens (tertiary/aromatic N) is 2. The third-order valence-electron chi connectivity index (χ3n) is 4.14. The fourth-order valence-corrected chi connectivity index (χ4v) is 3.33. The van der Waals surface area contributed by atoms with Crippen molar-refractivity contribution in [1.29, 1.82) is 0 Å².